The third kappa shape index (κ3) is 1.83. The van der Waals surface area contributed by atoms with Crippen LogP contribution in [0.2, 0.25) is 0 Å². The molecule has 0 amide bonds. The molecule has 0 radical (unpaired) electrons. The zero-order valence-electron chi connectivity index (χ0n) is 9.93. The summed E-state index contributed by atoms with van der Waals surface area (Å²) in [4.78, 5) is 0. The second-order valence-corrected chi connectivity index (χ2v) is 5.44. The van der Waals surface area contributed by atoms with Gasteiger partial charge in [0, 0.05) is 12.0 Å². The number of nitrogens with two attached hydrogens (primary N) is 1. The predicted molar refractivity (Wildman–Crippen MR) is 65.8 cm³/mol. The first-order valence-electron chi connectivity index (χ1n) is 6.35. The number of hydrogen-bond acceptors (Lipinski definition) is 3. The van der Waals surface area contributed by atoms with Gasteiger partial charge in [0.05, 0.1) is 12.2 Å². The van der Waals surface area contributed by atoms with Gasteiger partial charge in [-0.25, -0.2) is 0 Å². The van der Waals surface area contributed by atoms with Crippen LogP contribution in [0.5, 0.6) is 5.75 Å². The summed E-state index contributed by atoms with van der Waals surface area (Å²) in [7, 11) is 0. The van der Waals surface area contributed by atoms with Gasteiger partial charge < -0.3 is 15.6 Å². The second-order valence-electron chi connectivity index (χ2n) is 5.44. The normalized spacial score (nSPS) is 35.4. The molecule has 2 aliphatic rings. The lowest BCUT2D eigenvalue weighted by Crippen LogP contribution is -2.41. The SMILES string of the molecule is NCC1(Cc2cccc(O)c2)CC2CCC1O2. The Morgan fingerprint density at radius 3 is 2.88 bits per heavy atom. The summed E-state index contributed by atoms with van der Waals surface area (Å²) < 4.78 is 5.94. The lowest BCUT2D eigenvalue weighted by Gasteiger charge is -2.34. The van der Waals surface area contributed by atoms with Crippen molar-refractivity contribution in [2.75, 3.05) is 6.54 Å². The van der Waals surface area contributed by atoms with E-state index in [1.54, 1.807) is 6.07 Å². The Kier molecular flexibility index (Phi) is 2.60. The molecule has 92 valence electrons. The minimum atomic E-state index is 0.0940. The number of rotatable bonds is 3. The average molecular weight is 233 g/mol. The van der Waals surface area contributed by atoms with Gasteiger partial charge in [-0.15, -0.1) is 0 Å². The highest BCUT2D eigenvalue weighted by Crippen LogP contribution is 2.49. The van der Waals surface area contributed by atoms with Gasteiger partial charge in [0.2, 0.25) is 0 Å². The van der Waals surface area contributed by atoms with Gasteiger partial charge in [-0.1, -0.05) is 12.1 Å². The number of ether oxygens (including phenoxy) is 1. The van der Waals surface area contributed by atoms with Crippen LogP contribution in [-0.2, 0) is 11.2 Å². The highest BCUT2D eigenvalue weighted by atomic mass is 16.5. The number of phenolic OH excluding ortho intramolecular Hbond substituents is 1. The van der Waals surface area contributed by atoms with Crippen molar-refractivity contribution in [3.05, 3.63) is 29.8 Å². The van der Waals surface area contributed by atoms with Crippen molar-refractivity contribution in [3.63, 3.8) is 0 Å². The molecule has 3 N–H and O–H groups in total. The van der Waals surface area contributed by atoms with E-state index in [-0.39, 0.29) is 5.41 Å². The molecule has 0 spiro atoms. The van der Waals surface area contributed by atoms with Crippen LogP contribution in [0.4, 0.5) is 0 Å². The fourth-order valence-corrected chi connectivity index (χ4v) is 3.44. The Hall–Kier alpha value is -1.06. The molecule has 17 heavy (non-hydrogen) atoms. The minimum absolute atomic E-state index is 0.0940. The molecule has 3 heteroatoms. The molecule has 3 rings (SSSR count). The van der Waals surface area contributed by atoms with Crippen LogP contribution in [0.1, 0.15) is 24.8 Å². The molecule has 0 saturated carbocycles. The maximum Gasteiger partial charge on any atom is 0.115 e. The van der Waals surface area contributed by atoms with Gasteiger partial charge in [0.15, 0.2) is 0 Å². The van der Waals surface area contributed by atoms with Crippen LogP contribution < -0.4 is 5.73 Å². The van der Waals surface area contributed by atoms with Crippen molar-refractivity contribution in [3.8, 4) is 5.75 Å². The lowest BCUT2D eigenvalue weighted by molar-refractivity contribution is 0.0636. The van der Waals surface area contributed by atoms with Gasteiger partial charge in [-0.05, 0) is 43.4 Å². The highest BCUT2D eigenvalue weighted by Gasteiger charge is 2.51. The van der Waals surface area contributed by atoms with Crippen LogP contribution in [0, 0.1) is 5.41 Å². The van der Waals surface area contributed by atoms with E-state index in [2.05, 4.69) is 6.07 Å². The summed E-state index contributed by atoms with van der Waals surface area (Å²) >= 11 is 0. The van der Waals surface area contributed by atoms with Crippen molar-refractivity contribution in [2.24, 2.45) is 11.1 Å². The molecule has 2 aliphatic heterocycles. The van der Waals surface area contributed by atoms with Crippen molar-refractivity contribution >= 4 is 0 Å². The summed E-state index contributed by atoms with van der Waals surface area (Å²) in [5.74, 6) is 0.332. The molecular formula is C14H19NO2. The van der Waals surface area contributed by atoms with Crippen molar-refractivity contribution in [2.45, 2.75) is 37.9 Å². The molecule has 1 aromatic rings. The lowest BCUT2D eigenvalue weighted by atomic mass is 9.70. The van der Waals surface area contributed by atoms with Crippen molar-refractivity contribution in [1.82, 2.24) is 0 Å². The Labute approximate surface area is 102 Å². The zero-order valence-corrected chi connectivity index (χ0v) is 9.93. The maximum absolute atomic E-state index is 9.51. The van der Waals surface area contributed by atoms with Crippen molar-refractivity contribution in [1.29, 1.82) is 0 Å². The number of hydrogen-bond donors (Lipinski definition) is 2. The van der Waals surface area contributed by atoms with Crippen LogP contribution in [0.25, 0.3) is 0 Å². The molecule has 3 nitrogen and oxygen atoms in total. The first-order chi connectivity index (χ1) is 8.22. The van der Waals surface area contributed by atoms with E-state index in [0.717, 1.165) is 24.8 Å². The number of fused-ring (bicyclic) bond motifs is 2. The van der Waals surface area contributed by atoms with E-state index in [9.17, 15) is 5.11 Å². The van der Waals surface area contributed by atoms with Gasteiger partial charge in [0.25, 0.3) is 0 Å². The molecular weight excluding hydrogens is 214 g/mol. The topological polar surface area (TPSA) is 55.5 Å². The predicted octanol–water partition coefficient (Wildman–Crippen LogP) is 1.83. The molecule has 2 heterocycles. The summed E-state index contributed by atoms with van der Waals surface area (Å²) in [6.07, 6.45) is 5.05. The van der Waals surface area contributed by atoms with Crippen LogP contribution >= 0.6 is 0 Å². The van der Waals surface area contributed by atoms with E-state index < -0.39 is 0 Å². The molecule has 0 aliphatic carbocycles. The number of benzene rings is 1. The molecule has 0 aromatic heterocycles. The summed E-state index contributed by atoms with van der Waals surface area (Å²) in [6, 6.07) is 7.49. The largest absolute Gasteiger partial charge is 0.508 e. The number of phenols is 1. The minimum Gasteiger partial charge on any atom is -0.508 e. The monoisotopic (exact) mass is 233 g/mol. The quantitative estimate of drug-likeness (QED) is 0.837. The fourth-order valence-electron chi connectivity index (χ4n) is 3.44. The second kappa shape index (κ2) is 4.00. The fraction of sp³-hybridized carbons (Fsp3) is 0.571. The zero-order chi connectivity index (χ0) is 11.9. The van der Waals surface area contributed by atoms with Crippen LogP contribution in [0.3, 0.4) is 0 Å². The third-order valence-corrected chi connectivity index (χ3v) is 4.30. The summed E-state index contributed by atoms with van der Waals surface area (Å²) in [5.41, 5.74) is 7.25. The average Bonchev–Trinajstić information content (AvgIpc) is 2.89. The summed E-state index contributed by atoms with van der Waals surface area (Å²) in [6.45, 7) is 0.670. The molecule has 2 saturated heterocycles. The smallest absolute Gasteiger partial charge is 0.115 e. The maximum atomic E-state index is 9.51. The Morgan fingerprint density at radius 1 is 1.41 bits per heavy atom. The van der Waals surface area contributed by atoms with Gasteiger partial charge in [0.1, 0.15) is 5.75 Å². The standard InChI is InChI=1S/C14H19NO2/c15-9-14(8-12-4-5-13(14)17-12)7-10-2-1-3-11(16)6-10/h1-3,6,12-13,16H,4-5,7-9,15H2. The van der Waals surface area contributed by atoms with Gasteiger partial charge in [-0.2, -0.15) is 0 Å². The highest BCUT2D eigenvalue weighted by molar-refractivity contribution is 5.28. The Balaban J connectivity index is 1.83. The van der Waals surface area contributed by atoms with Gasteiger partial charge in [-0.3, -0.25) is 0 Å². The summed E-state index contributed by atoms with van der Waals surface area (Å²) in [5, 5.41) is 9.51. The van der Waals surface area contributed by atoms with Gasteiger partial charge >= 0.3 is 0 Å². The molecule has 2 bridgehead atoms. The van der Waals surface area contributed by atoms with E-state index in [1.165, 1.54) is 6.42 Å². The first kappa shape index (κ1) is 11.1. The van der Waals surface area contributed by atoms with E-state index in [1.807, 2.05) is 12.1 Å². The van der Waals surface area contributed by atoms with Crippen LogP contribution in [-0.4, -0.2) is 23.9 Å². The third-order valence-electron chi connectivity index (χ3n) is 4.30. The van der Waals surface area contributed by atoms with Crippen LogP contribution in [0.15, 0.2) is 24.3 Å². The molecule has 2 fully saturated rings. The Bertz CT molecular complexity index is 420. The molecule has 1 aromatic carbocycles. The van der Waals surface area contributed by atoms with E-state index in [0.29, 0.717) is 24.5 Å². The molecule has 3 atom stereocenters. The van der Waals surface area contributed by atoms with E-state index >= 15 is 0 Å². The molecule has 3 unspecified atom stereocenters. The Morgan fingerprint density at radius 2 is 2.29 bits per heavy atom. The first-order valence-corrected chi connectivity index (χ1v) is 6.35. The van der Waals surface area contributed by atoms with E-state index in [4.69, 9.17) is 10.5 Å². The van der Waals surface area contributed by atoms with Crippen molar-refractivity contribution < 1.29 is 9.84 Å². The number of aromatic hydroxyl groups is 1.